The fourth-order valence-corrected chi connectivity index (χ4v) is 1.39. The molecule has 0 heterocycles. The number of hydrogen-bond donors (Lipinski definition) is 1. The molecular formula is C12H15NO5. The van der Waals surface area contributed by atoms with Crippen LogP contribution in [-0.4, -0.2) is 23.2 Å². The molecule has 1 atom stereocenters. The Kier molecular flexibility index (Phi) is 4.67. The highest BCUT2D eigenvalue weighted by atomic mass is 16.6. The summed E-state index contributed by atoms with van der Waals surface area (Å²) < 4.78 is 10.5. The Labute approximate surface area is 105 Å². The Hall–Kier alpha value is -2.08. The summed E-state index contributed by atoms with van der Waals surface area (Å²) in [6, 6.07) is 2.63. The Morgan fingerprint density at radius 2 is 2.22 bits per heavy atom. The van der Waals surface area contributed by atoms with Gasteiger partial charge in [0.2, 0.25) is 0 Å². The van der Waals surface area contributed by atoms with Crippen LogP contribution in [0.3, 0.4) is 0 Å². The zero-order valence-electron chi connectivity index (χ0n) is 10.3. The first-order valence-electron chi connectivity index (χ1n) is 5.28. The van der Waals surface area contributed by atoms with Gasteiger partial charge in [-0.15, -0.1) is 0 Å². The highest BCUT2D eigenvalue weighted by Crippen LogP contribution is 2.35. The third-order valence-corrected chi connectivity index (χ3v) is 2.38. The van der Waals surface area contributed by atoms with Gasteiger partial charge in [0.15, 0.2) is 11.5 Å². The van der Waals surface area contributed by atoms with Crippen molar-refractivity contribution in [3.05, 3.63) is 40.5 Å². The van der Waals surface area contributed by atoms with Crippen molar-refractivity contribution in [2.45, 2.75) is 19.6 Å². The summed E-state index contributed by atoms with van der Waals surface area (Å²) in [6.45, 7) is 4.87. The van der Waals surface area contributed by atoms with E-state index < -0.39 is 11.5 Å². The van der Waals surface area contributed by atoms with Crippen LogP contribution >= 0.6 is 0 Å². The van der Waals surface area contributed by atoms with Crippen LogP contribution in [0.5, 0.6) is 11.5 Å². The summed E-state index contributed by atoms with van der Waals surface area (Å²) in [5, 5.41) is 20.0. The van der Waals surface area contributed by atoms with Crippen molar-refractivity contribution in [2.75, 3.05) is 7.11 Å². The molecule has 6 heteroatoms. The number of ether oxygens (including phenoxy) is 2. The van der Waals surface area contributed by atoms with Crippen LogP contribution in [0.2, 0.25) is 0 Å². The van der Waals surface area contributed by atoms with Crippen molar-refractivity contribution in [3.63, 3.8) is 0 Å². The second-order valence-electron chi connectivity index (χ2n) is 3.61. The van der Waals surface area contributed by atoms with E-state index in [2.05, 4.69) is 6.58 Å². The van der Waals surface area contributed by atoms with E-state index in [1.807, 2.05) is 0 Å². The largest absolute Gasteiger partial charge is 0.493 e. The number of hydrogen-bond acceptors (Lipinski definition) is 5. The molecule has 1 aromatic carbocycles. The maximum absolute atomic E-state index is 10.9. The monoisotopic (exact) mass is 253 g/mol. The van der Waals surface area contributed by atoms with Crippen LogP contribution in [-0.2, 0) is 6.61 Å². The molecule has 1 rings (SSSR count). The van der Waals surface area contributed by atoms with Gasteiger partial charge in [-0.1, -0.05) is 12.7 Å². The smallest absolute Gasteiger partial charge is 0.278 e. The molecule has 1 aromatic rings. The van der Waals surface area contributed by atoms with Gasteiger partial charge in [-0.2, -0.15) is 0 Å². The standard InChI is InChI=1S/C12H15NO5/c1-4-8(2)18-12-6-10(13(15)16)9(7-14)5-11(12)17-3/h4-6,8,14H,1,7H2,2-3H3. The number of nitro benzene ring substituents is 1. The molecule has 0 aromatic heterocycles. The maximum Gasteiger partial charge on any atom is 0.278 e. The fraction of sp³-hybridized carbons (Fsp3) is 0.333. The Morgan fingerprint density at radius 1 is 1.56 bits per heavy atom. The Balaban J connectivity index is 3.27. The number of benzene rings is 1. The molecular weight excluding hydrogens is 238 g/mol. The van der Waals surface area contributed by atoms with Gasteiger partial charge in [0.05, 0.1) is 30.3 Å². The number of methoxy groups -OCH3 is 1. The zero-order valence-corrected chi connectivity index (χ0v) is 10.3. The minimum atomic E-state index is -0.573. The van der Waals surface area contributed by atoms with Gasteiger partial charge in [0.1, 0.15) is 6.10 Å². The van der Waals surface area contributed by atoms with Crippen molar-refractivity contribution in [3.8, 4) is 11.5 Å². The van der Waals surface area contributed by atoms with Gasteiger partial charge in [0, 0.05) is 0 Å². The van der Waals surface area contributed by atoms with E-state index >= 15 is 0 Å². The molecule has 0 amide bonds. The van der Waals surface area contributed by atoms with Crippen LogP contribution in [0, 0.1) is 10.1 Å². The first-order valence-corrected chi connectivity index (χ1v) is 5.28. The number of nitrogens with zero attached hydrogens (tertiary/aromatic N) is 1. The second-order valence-corrected chi connectivity index (χ2v) is 3.61. The summed E-state index contributed by atoms with van der Waals surface area (Å²) in [5.41, 5.74) is -0.0278. The molecule has 0 saturated carbocycles. The maximum atomic E-state index is 10.9. The molecule has 0 fully saturated rings. The van der Waals surface area contributed by atoms with Gasteiger partial charge >= 0.3 is 0 Å². The lowest BCUT2D eigenvalue weighted by Crippen LogP contribution is -2.09. The molecule has 98 valence electrons. The highest BCUT2D eigenvalue weighted by Gasteiger charge is 2.19. The van der Waals surface area contributed by atoms with E-state index in [9.17, 15) is 10.1 Å². The number of nitro groups is 1. The van der Waals surface area contributed by atoms with Gasteiger partial charge in [0.25, 0.3) is 5.69 Å². The SMILES string of the molecule is C=CC(C)Oc1cc([N+](=O)[O-])c(CO)cc1OC. The lowest BCUT2D eigenvalue weighted by atomic mass is 10.1. The lowest BCUT2D eigenvalue weighted by molar-refractivity contribution is -0.386. The van der Waals surface area contributed by atoms with Crippen molar-refractivity contribution >= 4 is 5.69 Å². The average Bonchev–Trinajstić information content (AvgIpc) is 2.37. The van der Waals surface area contributed by atoms with E-state index in [1.165, 1.54) is 19.2 Å². The normalized spacial score (nSPS) is 11.7. The molecule has 0 saturated heterocycles. The number of rotatable bonds is 6. The molecule has 1 unspecified atom stereocenters. The molecule has 18 heavy (non-hydrogen) atoms. The summed E-state index contributed by atoms with van der Waals surface area (Å²) in [7, 11) is 1.42. The summed E-state index contributed by atoms with van der Waals surface area (Å²) in [4.78, 5) is 10.3. The molecule has 0 radical (unpaired) electrons. The van der Waals surface area contributed by atoms with E-state index in [-0.39, 0.29) is 23.1 Å². The van der Waals surface area contributed by atoms with E-state index in [4.69, 9.17) is 14.6 Å². The van der Waals surface area contributed by atoms with Crippen molar-refractivity contribution in [2.24, 2.45) is 0 Å². The quantitative estimate of drug-likeness (QED) is 0.476. The summed E-state index contributed by atoms with van der Waals surface area (Å²) in [6.07, 6.45) is 1.25. The highest BCUT2D eigenvalue weighted by molar-refractivity contribution is 5.54. The third-order valence-electron chi connectivity index (χ3n) is 2.38. The van der Waals surface area contributed by atoms with Crippen molar-refractivity contribution in [1.29, 1.82) is 0 Å². The predicted octanol–water partition coefficient (Wildman–Crippen LogP) is 2.05. The van der Waals surface area contributed by atoms with Gasteiger partial charge in [-0.3, -0.25) is 10.1 Å². The van der Waals surface area contributed by atoms with Crippen molar-refractivity contribution in [1.82, 2.24) is 0 Å². The topological polar surface area (TPSA) is 81.8 Å². The molecule has 0 bridgehead atoms. The van der Waals surface area contributed by atoms with E-state index in [1.54, 1.807) is 13.0 Å². The van der Waals surface area contributed by atoms with Gasteiger partial charge < -0.3 is 14.6 Å². The summed E-state index contributed by atoms with van der Waals surface area (Å²) in [5.74, 6) is 0.576. The minimum Gasteiger partial charge on any atom is -0.493 e. The zero-order chi connectivity index (χ0) is 13.7. The number of aliphatic hydroxyl groups is 1. The van der Waals surface area contributed by atoms with Crippen LogP contribution in [0.1, 0.15) is 12.5 Å². The Morgan fingerprint density at radius 3 is 2.67 bits per heavy atom. The van der Waals surface area contributed by atoms with Crippen molar-refractivity contribution < 1.29 is 19.5 Å². The summed E-state index contributed by atoms with van der Waals surface area (Å²) >= 11 is 0. The van der Waals surface area contributed by atoms with Crippen LogP contribution < -0.4 is 9.47 Å². The minimum absolute atomic E-state index is 0.176. The molecule has 1 N–H and O–H groups in total. The molecule has 6 nitrogen and oxygen atoms in total. The second kappa shape index (κ2) is 6.02. The van der Waals surface area contributed by atoms with E-state index in [0.29, 0.717) is 5.75 Å². The number of aliphatic hydroxyl groups excluding tert-OH is 1. The van der Waals surface area contributed by atoms with Crippen LogP contribution in [0.25, 0.3) is 0 Å². The third kappa shape index (κ3) is 2.98. The van der Waals surface area contributed by atoms with Gasteiger partial charge in [-0.25, -0.2) is 0 Å². The Bertz CT molecular complexity index is 458. The first kappa shape index (κ1) is 14.0. The lowest BCUT2D eigenvalue weighted by Gasteiger charge is -2.14. The van der Waals surface area contributed by atoms with E-state index in [0.717, 1.165) is 0 Å². The van der Waals surface area contributed by atoms with Crippen LogP contribution in [0.4, 0.5) is 5.69 Å². The molecule has 0 spiro atoms. The average molecular weight is 253 g/mol. The molecule has 0 aliphatic carbocycles. The van der Waals surface area contributed by atoms with Gasteiger partial charge in [-0.05, 0) is 13.0 Å². The van der Waals surface area contributed by atoms with Crippen LogP contribution in [0.15, 0.2) is 24.8 Å². The first-order chi connectivity index (χ1) is 8.53. The predicted molar refractivity (Wildman–Crippen MR) is 65.9 cm³/mol. The molecule has 0 aliphatic heterocycles. The molecule has 0 aliphatic rings. The fourth-order valence-electron chi connectivity index (χ4n) is 1.39.